The molecule has 0 aliphatic heterocycles. The van der Waals surface area contributed by atoms with Gasteiger partial charge in [0.05, 0.1) is 17.2 Å². The molecule has 0 atom stereocenters. The van der Waals surface area contributed by atoms with Crippen LogP contribution in [-0.2, 0) is 10.9 Å². The molecule has 16 heavy (non-hydrogen) atoms. The average molecular weight is 274 g/mol. The lowest BCUT2D eigenvalue weighted by atomic mass is 10.2. The lowest BCUT2D eigenvalue weighted by Gasteiger charge is -2.11. The molecule has 88 valence electrons. The van der Waals surface area contributed by atoms with E-state index in [2.05, 4.69) is 9.72 Å². The highest BCUT2D eigenvalue weighted by Gasteiger charge is 2.37. The van der Waals surface area contributed by atoms with Gasteiger partial charge in [-0.15, -0.1) is 0 Å². The van der Waals surface area contributed by atoms with Gasteiger partial charge in [-0.3, -0.25) is 0 Å². The number of rotatable bonds is 1. The number of carbonyl (C=O) groups is 1. The van der Waals surface area contributed by atoms with Gasteiger partial charge in [0, 0.05) is 6.20 Å². The maximum atomic E-state index is 12.4. The number of esters is 1. The Morgan fingerprint density at radius 1 is 1.44 bits per heavy atom. The summed E-state index contributed by atoms with van der Waals surface area (Å²) in [7, 11) is 1.00. The predicted molar refractivity (Wildman–Crippen MR) is 50.6 cm³/mol. The molecule has 0 unspecified atom stereocenters. The maximum absolute atomic E-state index is 12.4. The van der Waals surface area contributed by atoms with Gasteiger partial charge in [0.25, 0.3) is 0 Å². The summed E-state index contributed by atoms with van der Waals surface area (Å²) in [5, 5.41) is -1.17. The van der Waals surface area contributed by atoms with Crippen LogP contribution in [0.5, 0.6) is 0 Å². The Hall–Kier alpha value is -1.01. The van der Waals surface area contributed by atoms with Crippen molar-refractivity contribution in [2.24, 2.45) is 0 Å². The zero-order chi connectivity index (χ0) is 12.5. The fraction of sp³-hybridized carbons (Fsp3) is 0.250. The Balaban J connectivity index is 3.45. The third-order valence-electron chi connectivity index (χ3n) is 1.63. The van der Waals surface area contributed by atoms with Gasteiger partial charge in [0.2, 0.25) is 0 Å². The molecule has 0 N–H and O–H groups in total. The van der Waals surface area contributed by atoms with E-state index in [0.29, 0.717) is 6.20 Å². The molecule has 0 saturated heterocycles. The third kappa shape index (κ3) is 2.38. The molecule has 0 aromatic carbocycles. The van der Waals surface area contributed by atoms with Crippen LogP contribution in [0.1, 0.15) is 16.1 Å². The van der Waals surface area contributed by atoms with Crippen molar-refractivity contribution in [2.45, 2.75) is 6.18 Å². The second kappa shape index (κ2) is 4.47. The number of pyridine rings is 1. The Kier molecular flexibility index (Phi) is 3.64. The normalized spacial score (nSPS) is 11.4. The first kappa shape index (κ1) is 13.1. The van der Waals surface area contributed by atoms with Crippen LogP contribution in [0.4, 0.5) is 13.2 Å². The molecule has 1 aromatic rings. The fourth-order valence-corrected chi connectivity index (χ4v) is 1.56. The molecule has 0 aliphatic rings. The van der Waals surface area contributed by atoms with E-state index in [4.69, 9.17) is 23.2 Å². The largest absolute Gasteiger partial charge is 0.465 e. The van der Waals surface area contributed by atoms with Gasteiger partial charge >= 0.3 is 12.1 Å². The minimum Gasteiger partial charge on any atom is -0.465 e. The smallest absolute Gasteiger partial charge is 0.434 e. The lowest BCUT2D eigenvalue weighted by Crippen LogP contribution is -2.13. The fourth-order valence-electron chi connectivity index (χ4n) is 0.952. The second-order valence-electron chi connectivity index (χ2n) is 2.63. The molecule has 0 saturated carbocycles. The highest BCUT2D eigenvalue weighted by molar-refractivity contribution is 6.39. The van der Waals surface area contributed by atoms with E-state index >= 15 is 0 Å². The van der Waals surface area contributed by atoms with Crippen LogP contribution >= 0.6 is 23.2 Å². The van der Waals surface area contributed by atoms with E-state index in [9.17, 15) is 18.0 Å². The number of methoxy groups -OCH3 is 1. The number of carbonyl (C=O) groups excluding carboxylic acids is 1. The molecular formula is C8H4Cl2F3NO2. The molecule has 1 aromatic heterocycles. The van der Waals surface area contributed by atoms with Crippen molar-refractivity contribution in [3.8, 4) is 0 Å². The third-order valence-corrected chi connectivity index (χ3v) is 2.29. The molecule has 0 spiro atoms. The summed E-state index contributed by atoms with van der Waals surface area (Å²) < 4.78 is 41.4. The molecule has 0 aliphatic carbocycles. The predicted octanol–water partition coefficient (Wildman–Crippen LogP) is 3.19. The topological polar surface area (TPSA) is 39.2 Å². The SMILES string of the molecule is COC(=O)c1c(Cl)cnc(C(F)(F)F)c1Cl. The monoisotopic (exact) mass is 273 g/mol. The highest BCUT2D eigenvalue weighted by Crippen LogP contribution is 2.37. The van der Waals surface area contributed by atoms with Crippen molar-refractivity contribution >= 4 is 29.2 Å². The van der Waals surface area contributed by atoms with E-state index in [0.717, 1.165) is 7.11 Å². The molecular weight excluding hydrogens is 270 g/mol. The number of alkyl halides is 3. The molecule has 3 nitrogen and oxygen atoms in total. The Bertz CT molecular complexity index is 434. The molecule has 8 heteroatoms. The summed E-state index contributed by atoms with van der Waals surface area (Å²) in [5.74, 6) is -1.05. The summed E-state index contributed by atoms with van der Waals surface area (Å²) in [5.41, 5.74) is -1.92. The first-order chi connectivity index (χ1) is 7.29. The zero-order valence-electron chi connectivity index (χ0n) is 7.73. The molecule has 0 amide bonds. The molecule has 0 fully saturated rings. The Morgan fingerprint density at radius 2 is 2.00 bits per heavy atom. The Labute approximate surface area is 98.1 Å². The van der Waals surface area contributed by atoms with E-state index in [1.807, 2.05) is 0 Å². The number of halogens is 5. The van der Waals surface area contributed by atoms with Crippen molar-refractivity contribution in [1.82, 2.24) is 4.98 Å². The lowest BCUT2D eigenvalue weighted by molar-refractivity contribution is -0.141. The van der Waals surface area contributed by atoms with Gasteiger partial charge in [0.15, 0.2) is 5.69 Å². The molecule has 0 bridgehead atoms. The van der Waals surface area contributed by atoms with Crippen molar-refractivity contribution in [2.75, 3.05) is 7.11 Å². The quantitative estimate of drug-likeness (QED) is 0.738. The molecule has 1 heterocycles. The number of nitrogens with zero attached hydrogens (tertiary/aromatic N) is 1. The summed E-state index contributed by atoms with van der Waals surface area (Å²) in [6, 6.07) is 0. The summed E-state index contributed by atoms with van der Waals surface area (Å²) in [6.07, 6.45) is -4.06. The maximum Gasteiger partial charge on any atom is 0.434 e. The van der Waals surface area contributed by atoms with Crippen molar-refractivity contribution in [3.63, 3.8) is 0 Å². The van der Waals surface area contributed by atoms with Crippen LogP contribution in [-0.4, -0.2) is 18.1 Å². The summed E-state index contributed by atoms with van der Waals surface area (Å²) >= 11 is 10.9. The van der Waals surface area contributed by atoms with Crippen LogP contribution in [0, 0.1) is 0 Å². The first-order valence-corrected chi connectivity index (χ1v) is 4.54. The van der Waals surface area contributed by atoms with Gasteiger partial charge in [0.1, 0.15) is 5.56 Å². The van der Waals surface area contributed by atoms with Gasteiger partial charge in [-0.2, -0.15) is 13.2 Å². The van der Waals surface area contributed by atoms with Gasteiger partial charge in [-0.25, -0.2) is 9.78 Å². The number of aromatic nitrogens is 1. The number of hydrogen-bond donors (Lipinski definition) is 0. The van der Waals surface area contributed by atoms with Crippen molar-refractivity contribution in [3.05, 3.63) is 27.5 Å². The van der Waals surface area contributed by atoms with Crippen LogP contribution in [0.3, 0.4) is 0 Å². The van der Waals surface area contributed by atoms with E-state index < -0.39 is 28.4 Å². The van der Waals surface area contributed by atoms with Gasteiger partial charge < -0.3 is 4.74 Å². The van der Waals surface area contributed by atoms with Crippen LogP contribution in [0.15, 0.2) is 6.20 Å². The average Bonchev–Trinajstić information content (AvgIpc) is 2.15. The minimum absolute atomic E-state index is 0.301. The standard InChI is InChI=1S/C8H4Cl2F3NO2/c1-16-7(15)4-3(9)2-14-6(5(4)10)8(11,12)13/h2H,1H3. The van der Waals surface area contributed by atoms with Gasteiger partial charge in [-0.05, 0) is 0 Å². The number of ether oxygens (including phenoxy) is 1. The van der Waals surface area contributed by atoms with E-state index in [-0.39, 0.29) is 5.02 Å². The summed E-state index contributed by atoms with van der Waals surface area (Å²) in [4.78, 5) is 14.2. The van der Waals surface area contributed by atoms with E-state index in [1.54, 1.807) is 0 Å². The van der Waals surface area contributed by atoms with Crippen LogP contribution < -0.4 is 0 Å². The summed E-state index contributed by atoms with van der Waals surface area (Å²) in [6.45, 7) is 0. The Morgan fingerprint density at radius 3 is 2.44 bits per heavy atom. The molecule has 1 rings (SSSR count). The number of hydrogen-bond acceptors (Lipinski definition) is 3. The van der Waals surface area contributed by atoms with E-state index in [1.165, 1.54) is 0 Å². The van der Waals surface area contributed by atoms with Crippen LogP contribution in [0.2, 0.25) is 10.0 Å². The zero-order valence-corrected chi connectivity index (χ0v) is 9.24. The highest BCUT2D eigenvalue weighted by atomic mass is 35.5. The van der Waals surface area contributed by atoms with Gasteiger partial charge in [-0.1, -0.05) is 23.2 Å². The first-order valence-electron chi connectivity index (χ1n) is 3.78. The second-order valence-corrected chi connectivity index (χ2v) is 3.42. The van der Waals surface area contributed by atoms with Crippen LogP contribution in [0.25, 0.3) is 0 Å². The minimum atomic E-state index is -4.76. The molecule has 0 radical (unpaired) electrons. The van der Waals surface area contributed by atoms with Crippen molar-refractivity contribution < 1.29 is 22.7 Å². The van der Waals surface area contributed by atoms with Crippen molar-refractivity contribution in [1.29, 1.82) is 0 Å².